The summed E-state index contributed by atoms with van der Waals surface area (Å²) in [6, 6.07) is 6.70. The standard InChI is InChI=1S/C27H41FN4O2/c1-21-9-6-7-15-30(21)16-8-14-29-26(33)25(22-10-2-3-11-22)31-17-19-32(20-18-31)27(34)23-12-4-5-13-24(23)28/h4-5,12-13,21-22,25H,2-3,6-11,14-20H2,1H3,(H,29,33)/t21-,25-/m0/s1. The largest absolute Gasteiger partial charge is 0.355 e. The number of benzene rings is 1. The van der Waals surface area contributed by atoms with Crippen LogP contribution in [0.1, 0.15) is 68.6 Å². The van der Waals surface area contributed by atoms with Crippen molar-refractivity contribution in [1.29, 1.82) is 0 Å². The highest BCUT2D eigenvalue weighted by molar-refractivity contribution is 5.94. The van der Waals surface area contributed by atoms with Gasteiger partial charge in [-0.25, -0.2) is 4.39 Å². The molecule has 2 saturated heterocycles. The van der Waals surface area contributed by atoms with Gasteiger partial charge in [-0.1, -0.05) is 31.4 Å². The molecular weight excluding hydrogens is 431 g/mol. The molecule has 1 N–H and O–H groups in total. The number of carbonyl (C=O) groups excluding carboxylic acids is 2. The Balaban J connectivity index is 1.29. The maximum absolute atomic E-state index is 14.1. The first kappa shape index (κ1) is 25.1. The summed E-state index contributed by atoms with van der Waals surface area (Å²) in [5, 5.41) is 3.24. The zero-order valence-corrected chi connectivity index (χ0v) is 20.7. The average Bonchev–Trinajstić information content (AvgIpc) is 3.38. The van der Waals surface area contributed by atoms with E-state index in [4.69, 9.17) is 0 Å². The fourth-order valence-corrected chi connectivity index (χ4v) is 6.05. The number of nitrogens with one attached hydrogen (secondary N) is 1. The van der Waals surface area contributed by atoms with E-state index in [-0.39, 0.29) is 23.4 Å². The number of piperazine rings is 1. The number of hydrogen-bond acceptors (Lipinski definition) is 4. The van der Waals surface area contributed by atoms with E-state index in [1.165, 1.54) is 44.7 Å². The molecule has 7 heteroatoms. The first-order chi connectivity index (χ1) is 16.5. The predicted molar refractivity (Wildman–Crippen MR) is 132 cm³/mol. The van der Waals surface area contributed by atoms with Crippen molar-refractivity contribution in [2.45, 2.75) is 70.4 Å². The van der Waals surface area contributed by atoms with Crippen molar-refractivity contribution in [3.63, 3.8) is 0 Å². The minimum Gasteiger partial charge on any atom is -0.355 e. The van der Waals surface area contributed by atoms with Crippen LogP contribution in [0, 0.1) is 11.7 Å². The van der Waals surface area contributed by atoms with E-state index in [1.54, 1.807) is 23.1 Å². The molecule has 6 nitrogen and oxygen atoms in total. The Hall–Kier alpha value is -1.99. The smallest absolute Gasteiger partial charge is 0.256 e. The topological polar surface area (TPSA) is 55.9 Å². The van der Waals surface area contributed by atoms with Gasteiger partial charge in [-0.3, -0.25) is 14.5 Å². The Morgan fingerprint density at radius 1 is 1.00 bits per heavy atom. The number of piperidine rings is 1. The zero-order chi connectivity index (χ0) is 23.9. The summed E-state index contributed by atoms with van der Waals surface area (Å²) in [5.74, 6) is -0.202. The van der Waals surface area contributed by atoms with Gasteiger partial charge in [-0.15, -0.1) is 0 Å². The van der Waals surface area contributed by atoms with Crippen LogP contribution in [0.2, 0.25) is 0 Å². The number of likely N-dealkylation sites (tertiary alicyclic amines) is 1. The maximum Gasteiger partial charge on any atom is 0.256 e. The van der Waals surface area contributed by atoms with Gasteiger partial charge in [0, 0.05) is 45.3 Å². The minimum absolute atomic E-state index is 0.123. The molecule has 1 aromatic rings. The summed E-state index contributed by atoms with van der Waals surface area (Å²) >= 11 is 0. The monoisotopic (exact) mass is 472 g/mol. The Morgan fingerprint density at radius 2 is 1.71 bits per heavy atom. The molecule has 2 amide bonds. The molecule has 188 valence electrons. The summed E-state index contributed by atoms with van der Waals surface area (Å²) in [5.41, 5.74) is 0.129. The van der Waals surface area contributed by atoms with Crippen molar-refractivity contribution in [3.8, 4) is 0 Å². The van der Waals surface area contributed by atoms with Crippen molar-refractivity contribution < 1.29 is 14.0 Å². The molecule has 34 heavy (non-hydrogen) atoms. The van der Waals surface area contributed by atoms with Crippen LogP contribution in [-0.2, 0) is 4.79 Å². The first-order valence-corrected chi connectivity index (χ1v) is 13.3. The van der Waals surface area contributed by atoms with Crippen LogP contribution in [0.25, 0.3) is 0 Å². The summed E-state index contributed by atoms with van der Waals surface area (Å²) in [4.78, 5) is 32.7. The molecule has 2 aliphatic heterocycles. The van der Waals surface area contributed by atoms with Crippen molar-refractivity contribution in [2.75, 3.05) is 45.8 Å². The number of halogens is 1. The highest BCUT2D eigenvalue weighted by Crippen LogP contribution is 2.31. The third-order valence-corrected chi connectivity index (χ3v) is 8.08. The molecule has 3 fully saturated rings. The number of amides is 2. The molecule has 1 aromatic carbocycles. The second kappa shape index (κ2) is 12.1. The van der Waals surface area contributed by atoms with Gasteiger partial charge in [0.05, 0.1) is 11.6 Å². The van der Waals surface area contributed by atoms with Crippen molar-refractivity contribution >= 4 is 11.8 Å². The fraction of sp³-hybridized carbons (Fsp3) is 0.704. The number of nitrogens with zero attached hydrogens (tertiary/aromatic N) is 3. The van der Waals surface area contributed by atoms with E-state index in [2.05, 4.69) is 22.0 Å². The molecule has 1 saturated carbocycles. The molecule has 2 heterocycles. The van der Waals surface area contributed by atoms with Crippen molar-refractivity contribution in [3.05, 3.63) is 35.6 Å². The Labute approximate surface area is 203 Å². The lowest BCUT2D eigenvalue weighted by Gasteiger charge is -2.41. The highest BCUT2D eigenvalue weighted by atomic mass is 19.1. The lowest BCUT2D eigenvalue weighted by molar-refractivity contribution is -0.129. The van der Waals surface area contributed by atoms with Crippen LogP contribution in [-0.4, -0.2) is 84.4 Å². The van der Waals surface area contributed by atoms with E-state index in [0.29, 0.717) is 38.1 Å². The van der Waals surface area contributed by atoms with Crippen LogP contribution < -0.4 is 5.32 Å². The Kier molecular flexibility index (Phi) is 8.95. The third kappa shape index (κ3) is 6.16. The fourth-order valence-electron chi connectivity index (χ4n) is 6.05. The van der Waals surface area contributed by atoms with Gasteiger partial charge < -0.3 is 15.1 Å². The SMILES string of the molecule is C[C@H]1CCCCN1CCCNC(=O)[C@H](C1CCCC1)N1CCN(C(=O)c2ccccc2F)CC1. The van der Waals surface area contributed by atoms with Gasteiger partial charge in [0.1, 0.15) is 5.82 Å². The predicted octanol–water partition coefficient (Wildman–Crippen LogP) is 3.52. The van der Waals surface area contributed by atoms with E-state index < -0.39 is 5.82 Å². The molecular formula is C27H41FN4O2. The highest BCUT2D eigenvalue weighted by Gasteiger charge is 2.37. The molecule has 0 bridgehead atoms. The van der Waals surface area contributed by atoms with Gasteiger partial charge in [-0.2, -0.15) is 0 Å². The van der Waals surface area contributed by atoms with Crippen LogP contribution in [0.4, 0.5) is 4.39 Å². The quantitative estimate of drug-likeness (QED) is 0.588. The maximum atomic E-state index is 14.1. The van der Waals surface area contributed by atoms with Gasteiger partial charge in [0.2, 0.25) is 5.91 Å². The number of hydrogen-bond donors (Lipinski definition) is 1. The second-order valence-electron chi connectivity index (χ2n) is 10.3. The number of rotatable bonds is 8. The van der Waals surface area contributed by atoms with E-state index >= 15 is 0 Å². The lowest BCUT2D eigenvalue weighted by Crippen LogP contribution is -2.58. The Morgan fingerprint density at radius 3 is 2.41 bits per heavy atom. The number of carbonyl (C=O) groups is 2. The van der Waals surface area contributed by atoms with Gasteiger partial charge in [-0.05, 0) is 63.6 Å². The van der Waals surface area contributed by atoms with Crippen LogP contribution >= 0.6 is 0 Å². The summed E-state index contributed by atoms with van der Waals surface area (Å²) in [6.07, 6.45) is 9.44. The second-order valence-corrected chi connectivity index (χ2v) is 10.3. The molecule has 2 atom stereocenters. The normalized spacial score (nSPS) is 23.7. The van der Waals surface area contributed by atoms with Gasteiger partial charge in [0.15, 0.2) is 0 Å². The van der Waals surface area contributed by atoms with Crippen LogP contribution in [0.15, 0.2) is 24.3 Å². The molecule has 0 radical (unpaired) electrons. The molecule has 1 aliphatic carbocycles. The average molecular weight is 473 g/mol. The first-order valence-electron chi connectivity index (χ1n) is 13.3. The minimum atomic E-state index is -0.475. The third-order valence-electron chi connectivity index (χ3n) is 8.08. The molecule has 0 aromatic heterocycles. The van der Waals surface area contributed by atoms with E-state index in [1.807, 2.05) is 0 Å². The Bertz CT molecular complexity index is 821. The van der Waals surface area contributed by atoms with E-state index in [9.17, 15) is 14.0 Å². The molecule has 4 rings (SSSR count). The lowest BCUT2D eigenvalue weighted by atomic mass is 9.95. The molecule has 0 unspecified atom stereocenters. The summed E-state index contributed by atoms with van der Waals surface area (Å²) in [6.45, 7) is 7.61. The van der Waals surface area contributed by atoms with Crippen LogP contribution in [0.3, 0.4) is 0 Å². The van der Waals surface area contributed by atoms with Crippen LogP contribution in [0.5, 0.6) is 0 Å². The molecule has 3 aliphatic rings. The zero-order valence-electron chi connectivity index (χ0n) is 20.7. The van der Waals surface area contributed by atoms with Crippen molar-refractivity contribution in [1.82, 2.24) is 20.0 Å². The van der Waals surface area contributed by atoms with Gasteiger partial charge in [0.25, 0.3) is 5.91 Å². The summed E-state index contributed by atoms with van der Waals surface area (Å²) < 4.78 is 14.1. The van der Waals surface area contributed by atoms with Crippen molar-refractivity contribution in [2.24, 2.45) is 5.92 Å². The van der Waals surface area contributed by atoms with Gasteiger partial charge >= 0.3 is 0 Å². The molecule has 0 spiro atoms. The summed E-state index contributed by atoms with van der Waals surface area (Å²) in [7, 11) is 0. The van der Waals surface area contributed by atoms with E-state index in [0.717, 1.165) is 32.4 Å².